The summed E-state index contributed by atoms with van der Waals surface area (Å²) in [4.78, 5) is 15.6. The molecule has 0 amide bonds. The summed E-state index contributed by atoms with van der Waals surface area (Å²) in [5.41, 5.74) is 4.25. The van der Waals surface area contributed by atoms with Crippen molar-refractivity contribution in [3.05, 3.63) is 27.8 Å². The maximum absolute atomic E-state index is 11.4. The van der Waals surface area contributed by atoms with E-state index in [9.17, 15) is 4.79 Å². The number of Topliss-reactive ketones (excluding diaryl/α,β-unsaturated/α-hetero) is 1. The lowest BCUT2D eigenvalue weighted by molar-refractivity contribution is 0.101. The van der Waals surface area contributed by atoms with E-state index in [1.54, 1.807) is 23.8 Å². The largest absolute Gasteiger partial charge is 0.369 e. The molecule has 84 valence electrons. The van der Waals surface area contributed by atoms with Crippen molar-refractivity contribution in [1.82, 2.24) is 9.36 Å². The highest BCUT2D eigenvalue weighted by atomic mass is 32.1. The lowest BCUT2D eigenvalue weighted by Gasteiger charge is -2.02. The van der Waals surface area contributed by atoms with E-state index in [1.807, 2.05) is 12.3 Å². The number of nitrogens with one attached hydrogen (secondary N) is 1. The number of carbonyl (C=O) groups is 1. The molecule has 0 aliphatic carbocycles. The predicted octanol–water partition coefficient (Wildman–Crippen LogP) is 2.72. The Morgan fingerprint density at radius 3 is 3.00 bits per heavy atom. The Bertz CT molecular complexity index is 490. The topological polar surface area (TPSA) is 54.9 Å². The van der Waals surface area contributed by atoms with Crippen molar-refractivity contribution in [2.45, 2.75) is 20.4 Å². The van der Waals surface area contributed by atoms with Gasteiger partial charge in [-0.1, -0.05) is 0 Å². The highest BCUT2D eigenvalue weighted by Gasteiger charge is 2.14. The molecule has 0 aliphatic rings. The summed E-state index contributed by atoms with van der Waals surface area (Å²) in [6.07, 6.45) is 0. The Labute approximate surface area is 102 Å². The third kappa shape index (κ3) is 2.28. The first-order valence-corrected chi connectivity index (χ1v) is 6.48. The number of nitrogens with zero attached hydrogens (tertiary/aromatic N) is 2. The van der Waals surface area contributed by atoms with E-state index in [0.29, 0.717) is 12.1 Å². The van der Waals surface area contributed by atoms with Crippen LogP contribution in [0.4, 0.5) is 5.00 Å². The first kappa shape index (κ1) is 11.2. The van der Waals surface area contributed by atoms with Gasteiger partial charge in [-0.05, 0) is 25.4 Å². The second kappa shape index (κ2) is 4.71. The van der Waals surface area contributed by atoms with Crippen molar-refractivity contribution in [3.63, 3.8) is 0 Å². The Morgan fingerprint density at radius 1 is 1.56 bits per heavy atom. The number of anilines is 1. The van der Waals surface area contributed by atoms with Crippen LogP contribution in [0.15, 0.2) is 10.9 Å². The highest BCUT2D eigenvalue weighted by Crippen LogP contribution is 2.25. The van der Waals surface area contributed by atoms with Gasteiger partial charge in [0.05, 0.1) is 29.0 Å². The van der Waals surface area contributed by atoms with Crippen LogP contribution in [0.1, 0.15) is 28.7 Å². The molecule has 0 aliphatic heterocycles. The number of ketones is 1. The van der Waals surface area contributed by atoms with Crippen LogP contribution >= 0.6 is 22.9 Å². The molecule has 2 aromatic rings. The Morgan fingerprint density at radius 2 is 2.38 bits per heavy atom. The van der Waals surface area contributed by atoms with E-state index >= 15 is 0 Å². The molecular weight excluding hydrogens is 242 g/mol. The van der Waals surface area contributed by atoms with Gasteiger partial charge in [-0.3, -0.25) is 4.79 Å². The molecule has 2 heterocycles. The molecule has 0 atom stereocenters. The van der Waals surface area contributed by atoms with Crippen molar-refractivity contribution in [3.8, 4) is 0 Å². The molecule has 0 bridgehead atoms. The molecule has 6 heteroatoms. The summed E-state index contributed by atoms with van der Waals surface area (Å²) in [5, 5.41) is 6.01. The van der Waals surface area contributed by atoms with E-state index in [-0.39, 0.29) is 5.78 Å². The van der Waals surface area contributed by atoms with E-state index in [2.05, 4.69) is 14.7 Å². The van der Waals surface area contributed by atoms with E-state index in [0.717, 1.165) is 16.4 Å². The van der Waals surface area contributed by atoms with Gasteiger partial charge in [0.1, 0.15) is 5.00 Å². The standard InChI is InChI=1S/C10H11N3OS2/c1-6-9(7(2)14)10(16-13-6)11-3-8-4-15-5-12-8/h4-5,11H,3H2,1-2H3. The molecular formula is C10H11N3OS2. The Kier molecular flexibility index (Phi) is 3.31. The summed E-state index contributed by atoms with van der Waals surface area (Å²) in [7, 11) is 0. The minimum atomic E-state index is 0.0482. The Balaban J connectivity index is 2.13. The van der Waals surface area contributed by atoms with Crippen LogP contribution in [0.5, 0.6) is 0 Å². The minimum absolute atomic E-state index is 0.0482. The van der Waals surface area contributed by atoms with Crippen LogP contribution in [0.3, 0.4) is 0 Å². The quantitative estimate of drug-likeness (QED) is 0.851. The number of aromatic nitrogens is 2. The number of rotatable bonds is 4. The second-order valence-corrected chi connectivity index (χ2v) is 4.85. The number of hydrogen-bond acceptors (Lipinski definition) is 6. The maximum atomic E-state index is 11.4. The molecule has 4 nitrogen and oxygen atoms in total. The van der Waals surface area contributed by atoms with Crippen LogP contribution < -0.4 is 5.32 Å². The molecule has 2 rings (SSSR count). The van der Waals surface area contributed by atoms with E-state index in [4.69, 9.17) is 0 Å². The molecule has 0 aromatic carbocycles. The molecule has 0 fully saturated rings. The van der Waals surface area contributed by atoms with Crippen molar-refractivity contribution >= 4 is 33.7 Å². The van der Waals surface area contributed by atoms with Crippen molar-refractivity contribution in [2.75, 3.05) is 5.32 Å². The molecule has 0 unspecified atom stereocenters. The number of hydrogen-bond donors (Lipinski definition) is 1. The van der Waals surface area contributed by atoms with E-state index in [1.165, 1.54) is 11.5 Å². The van der Waals surface area contributed by atoms with Gasteiger partial charge in [0, 0.05) is 5.38 Å². The van der Waals surface area contributed by atoms with Crippen LogP contribution in [0, 0.1) is 6.92 Å². The van der Waals surface area contributed by atoms with Crippen LogP contribution in [0.2, 0.25) is 0 Å². The minimum Gasteiger partial charge on any atom is -0.369 e. The second-order valence-electron chi connectivity index (χ2n) is 3.36. The van der Waals surface area contributed by atoms with Crippen molar-refractivity contribution in [1.29, 1.82) is 0 Å². The van der Waals surface area contributed by atoms with Gasteiger partial charge in [-0.15, -0.1) is 11.3 Å². The van der Waals surface area contributed by atoms with Gasteiger partial charge >= 0.3 is 0 Å². The average molecular weight is 253 g/mol. The number of thiazole rings is 1. The molecule has 0 radical (unpaired) electrons. The third-order valence-corrected chi connectivity index (χ3v) is 3.66. The van der Waals surface area contributed by atoms with Gasteiger partial charge < -0.3 is 5.32 Å². The number of carbonyl (C=O) groups excluding carboxylic acids is 1. The van der Waals surface area contributed by atoms with Gasteiger partial charge in [-0.25, -0.2) is 4.98 Å². The first-order chi connectivity index (χ1) is 7.68. The van der Waals surface area contributed by atoms with Gasteiger partial charge in [-0.2, -0.15) is 4.37 Å². The van der Waals surface area contributed by atoms with Crippen LogP contribution in [0.25, 0.3) is 0 Å². The summed E-state index contributed by atoms with van der Waals surface area (Å²) < 4.78 is 4.18. The summed E-state index contributed by atoms with van der Waals surface area (Å²) in [6, 6.07) is 0. The molecule has 1 N–H and O–H groups in total. The zero-order valence-corrected chi connectivity index (χ0v) is 10.6. The van der Waals surface area contributed by atoms with E-state index < -0.39 is 0 Å². The smallest absolute Gasteiger partial charge is 0.164 e. The molecule has 0 spiro atoms. The SMILES string of the molecule is CC(=O)c1c(C)nsc1NCc1cscn1. The normalized spacial score (nSPS) is 10.4. The number of aryl methyl sites for hydroxylation is 1. The lowest BCUT2D eigenvalue weighted by atomic mass is 10.2. The zero-order valence-electron chi connectivity index (χ0n) is 8.98. The predicted molar refractivity (Wildman–Crippen MR) is 66.3 cm³/mol. The monoisotopic (exact) mass is 253 g/mol. The van der Waals surface area contributed by atoms with Crippen LogP contribution in [-0.2, 0) is 6.54 Å². The fraction of sp³-hybridized carbons (Fsp3) is 0.300. The molecule has 0 saturated heterocycles. The van der Waals surface area contributed by atoms with Crippen molar-refractivity contribution in [2.24, 2.45) is 0 Å². The van der Waals surface area contributed by atoms with Gasteiger partial charge in [0.15, 0.2) is 5.78 Å². The van der Waals surface area contributed by atoms with Gasteiger partial charge in [0.2, 0.25) is 0 Å². The summed E-state index contributed by atoms with van der Waals surface area (Å²) in [5.74, 6) is 0.0482. The zero-order chi connectivity index (χ0) is 11.5. The summed E-state index contributed by atoms with van der Waals surface area (Å²) >= 11 is 2.88. The fourth-order valence-corrected chi connectivity index (χ4v) is 2.80. The molecule has 2 aromatic heterocycles. The third-order valence-electron chi connectivity index (χ3n) is 2.13. The summed E-state index contributed by atoms with van der Waals surface area (Å²) in [6.45, 7) is 4.04. The average Bonchev–Trinajstić information content (AvgIpc) is 2.83. The van der Waals surface area contributed by atoms with Crippen LogP contribution in [-0.4, -0.2) is 15.1 Å². The van der Waals surface area contributed by atoms with Crippen molar-refractivity contribution < 1.29 is 4.79 Å². The maximum Gasteiger partial charge on any atom is 0.164 e. The first-order valence-electron chi connectivity index (χ1n) is 4.76. The lowest BCUT2D eigenvalue weighted by Crippen LogP contribution is -2.03. The highest BCUT2D eigenvalue weighted by molar-refractivity contribution is 7.10. The van der Waals surface area contributed by atoms with Gasteiger partial charge in [0.25, 0.3) is 0 Å². The fourth-order valence-electron chi connectivity index (χ4n) is 1.40. The molecule has 0 saturated carbocycles. The molecule has 16 heavy (non-hydrogen) atoms. The Hall–Kier alpha value is -1.27.